The monoisotopic (exact) mass is 283 g/mol. The van der Waals surface area contributed by atoms with E-state index in [2.05, 4.69) is 0 Å². The van der Waals surface area contributed by atoms with Crippen LogP contribution in [0.3, 0.4) is 0 Å². The van der Waals surface area contributed by atoms with Gasteiger partial charge in [0, 0.05) is 13.6 Å². The first-order valence-corrected chi connectivity index (χ1v) is 8.09. The maximum absolute atomic E-state index is 12.4. The molecular formula is C14H21NO3S. The molecule has 2 rings (SSSR count). The summed E-state index contributed by atoms with van der Waals surface area (Å²) >= 11 is 0. The van der Waals surface area contributed by atoms with Gasteiger partial charge in [-0.3, -0.25) is 0 Å². The zero-order valence-corrected chi connectivity index (χ0v) is 12.2. The van der Waals surface area contributed by atoms with Crippen molar-refractivity contribution in [2.75, 3.05) is 13.6 Å². The third-order valence-corrected chi connectivity index (χ3v) is 5.61. The number of rotatable bonds is 5. The van der Waals surface area contributed by atoms with Crippen LogP contribution in [0.4, 0.5) is 0 Å². The highest BCUT2D eigenvalue weighted by molar-refractivity contribution is 7.89. The van der Waals surface area contributed by atoms with Gasteiger partial charge < -0.3 is 5.11 Å². The Balaban J connectivity index is 2.20. The van der Waals surface area contributed by atoms with Gasteiger partial charge in [0.2, 0.25) is 10.0 Å². The van der Waals surface area contributed by atoms with E-state index in [9.17, 15) is 13.5 Å². The second-order valence-corrected chi connectivity index (χ2v) is 7.38. The maximum Gasteiger partial charge on any atom is 0.242 e. The molecule has 1 unspecified atom stereocenters. The quantitative estimate of drug-likeness (QED) is 0.901. The van der Waals surface area contributed by atoms with Crippen molar-refractivity contribution in [2.45, 2.75) is 37.2 Å². The van der Waals surface area contributed by atoms with Gasteiger partial charge in [0.15, 0.2) is 0 Å². The van der Waals surface area contributed by atoms with E-state index >= 15 is 0 Å². The lowest BCUT2D eigenvalue weighted by atomic mass is 9.86. The normalized spacial score (nSPS) is 18.3. The number of aliphatic hydroxyl groups excluding tert-OH is 1. The second kappa shape index (κ2) is 5.61. The molecule has 106 valence electrons. The summed E-state index contributed by atoms with van der Waals surface area (Å²) in [5.74, 6) is 0.500. The Labute approximate surface area is 115 Å². The van der Waals surface area contributed by atoms with Crippen LogP contribution in [0.2, 0.25) is 0 Å². The van der Waals surface area contributed by atoms with Crippen molar-refractivity contribution < 1.29 is 13.5 Å². The van der Waals surface area contributed by atoms with E-state index in [1.54, 1.807) is 38.2 Å². The highest BCUT2D eigenvalue weighted by Gasteiger charge is 2.26. The van der Waals surface area contributed by atoms with E-state index in [1.165, 1.54) is 10.7 Å². The predicted octanol–water partition coefficient (Wildman–Crippen LogP) is 2.16. The van der Waals surface area contributed by atoms with Gasteiger partial charge in [-0.15, -0.1) is 0 Å². The van der Waals surface area contributed by atoms with Gasteiger partial charge in [0.25, 0.3) is 0 Å². The van der Waals surface area contributed by atoms with Crippen molar-refractivity contribution in [1.29, 1.82) is 0 Å². The van der Waals surface area contributed by atoms with E-state index in [-0.39, 0.29) is 4.90 Å². The van der Waals surface area contributed by atoms with Crippen molar-refractivity contribution in [3.05, 3.63) is 29.8 Å². The number of hydrogen-bond donors (Lipinski definition) is 1. The summed E-state index contributed by atoms with van der Waals surface area (Å²) < 4.78 is 26.3. The molecule has 0 bridgehead atoms. The largest absolute Gasteiger partial charge is 0.389 e. The van der Waals surface area contributed by atoms with Crippen LogP contribution in [0.25, 0.3) is 0 Å². The second-order valence-electron chi connectivity index (χ2n) is 5.33. The van der Waals surface area contributed by atoms with Crippen molar-refractivity contribution in [3.63, 3.8) is 0 Å². The van der Waals surface area contributed by atoms with Crippen LogP contribution in [0, 0.1) is 5.92 Å². The summed E-state index contributed by atoms with van der Waals surface area (Å²) in [6.45, 7) is 2.21. The predicted molar refractivity (Wildman–Crippen MR) is 74.2 cm³/mol. The number of nitrogens with zero attached hydrogens (tertiary/aromatic N) is 1. The molecule has 0 heterocycles. The first-order chi connectivity index (χ1) is 8.91. The number of hydrogen-bond acceptors (Lipinski definition) is 3. The molecule has 1 fully saturated rings. The smallest absolute Gasteiger partial charge is 0.242 e. The topological polar surface area (TPSA) is 57.6 Å². The van der Waals surface area contributed by atoms with E-state index in [0.717, 1.165) is 12.8 Å². The number of sulfonamides is 1. The molecule has 0 spiro atoms. The fourth-order valence-corrected chi connectivity index (χ4v) is 3.55. The number of aliphatic hydroxyl groups is 1. The van der Waals surface area contributed by atoms with Gasteiger partial charge in [0.1, 0.15) is 0 Å². The lowest BCUT2D eigenvalue weighted by molar-refractivity contribution is 0.199. The van der Waals surface area contributed by atoms with E-state index in [4.69, 9.17) is 0 Å². The van der Waals surface area contributed by atoms with Gasteiger partial charge in [0.05, 0.1) is 11.0 Å². The molecule has 1 saturated carbocycles. The molecule has 4 nitrogen and oxygen atoms in total. The zero-order valence-electron chi connectivity index (χ0n) is 11.4. The van der Waals surface area contributed by atoms with Gasteiger partial charge in [-0.1, -0.05) is 18.6 Å². The van der Waals surface area contributed by atoms with E-state index < -0.39 is 16.1 Å². The standard InChI is InChI=1S/C14H21NO3S/c1-11(16)13-7-4-8-14(9-13)19(17,18)15(2)10-12-5-3-6-12/h4,7-9,11-12,16H,3,5-6,10H2,1-2H3. The minimum absolute atomic E-state index is 0.257. The van der Waals surface area contributed by atoms with Crippen LogP contribution in [0.1, 0.15) is 37.9 Å². The Hall–Kier alpha value is -0.910. The Bertz CT molecular complexity index is 535. The molecule has 19 heavy (non-hydrogen) atoms. The van der Waals surface area contributed by atoms with E-state index in [1.807, 2.05) is 0 Å². The molecule has 1 aliphatic rings. The zero-order chi connectivity index (χ0) is 14.0. The molecule has 1 aromatic rings. The van der Waals surface area contributed by atoms with Crippen molar-refractivity contribution in [2.24, 2.45) is 5.92 Å². The van der Waals surface area contributed by atoms with Crippen molar-refractivity contribution in [1.82, 2.24) is 4.31 Å². The molecule has 1 atom stereocenters. The molecule has 5 heteroatoms. The highest BCUT2D eigenvalue weighted by Crippen LogP contribution is 2.28. The van der Waals surface area contributed by atoms with E-state index in [0.29, 0.717) is 18.0 Å². The lowest BCUT2D eigenvalue weighted by Gasteiger charge is -2.29. The third-order valence-electron chi connectivity index (χ3n) is 3.79. The summed E-state index contributed by atoms with van der Waals surface area (Å²) in [5.41, 5.74) is 0.623. The first kappa shape index (κ1) is 14.5. The van der Waals surface area contributed by atoms with Crippen LogP contribution in [-0.2, 0) is 10.0 Å². The molecule has 1 N–H and O–H groups in total. The fraction of sp³-hybridized carbons (Fsp3) is 0.571. The summed E-state index contributed by atoms with van der Waals surface area (Å²) in [4.78, 5) is 0.257. The first-order valence-electron chi connectivity index (χ1n) is 6.65. The molecular weight excluding hydrogens is 262 g/mol. The van der Waals surface area contributed by atoms with Gasteiger partial charge >= 0.3 is 0 Å². The van der Waals surface area contributed by atoms with Crippen molar-refractivity contribution in [3.8, 4) is 0 Å². The molecule has 0 amide bonds. The Morgan fingerprint density at radius 3 is 2.63 bits per heavy atom. The molecule has 1 aromatic carbocycles. The molecule has 0 aliphatic heterocycles. The summed E-state index contributed by atoms with van der Waals surface area (Å²) in [6.07, 6.45) is 2.78. The third kappa shape index (κ3) is 3.16. The lowest BCUT2D eigenvalue weighted by Crippen LogP contribution is -2.34. The molecule has 1 aliphatic carbocycles. The summed E-state index contributed by atoms with van der Waals surface area (Å²) in [5, 5.41) is 9.54. The Morgan fingerprint density at radius 2 is 2.11 bits per heavy atom. The minimum atomic E-state index is -3.44. The summed E-state index contributed by atoms with van der Waals surface area (Å²) in [7, 11) is -1.82. The minimum Gasteiger partial charge on any atom is -0.389 e. The van der Waals surface area contributed by atoms with Gasteiger partial charge in [-0.05, 0) is 43.4 Å². The van der Waals surface area contributed by atoms with Crippen LogP contribution in [-0.4, -0.2) is 31.4 Å². The van der Waals surface area contributed by atoms with Crippen LogP contribution in [0.5, 0.6) is 0 Å². The molecule has 0 saturated heterocycles. The Morgan fingerprint density at radius 1 is 1.42 bits per heavy atom. The molecule has 0 radical (unpaired) electrons. The molecule has 0 aromatic heterocycles. The summed E-state index contributed by atoms with van der Waals surface area (Å²) in [6, 6.07) is 6.54. The van der Waals surface area contributed by atoms with Crippen LogP contribution in [0.15, 0.2) is 29.2 Å². The van der Waals surface area contributed by atoms with Crippen LogP contribution < -0.4 is 0 Å². The SMILES string of the molecule is CC(O)c1cccc(S(=O)(=O)N(C)CC2CCC2)c1. The average Bonchev–Trinajstić information content (AvgIpc) is 2.33. The van der Waals surface area contributed by atoms with Gasteiger partial charge in [-0.25, -0.2) is 12.7 Å². The average molecular weight is 283 g/mol. The van der Waals surface area contributed by atoms with Crippen LogP contribution >= 0.6 is 0 Å². The number of benzene rings is 1. The fourth-order valence-electron chi connectivity index (χ4n) is 2.25. The Kier molecular flexibility index (Phi) is 4.28. The van der Waals surface area contributed by atoms with Crippen molar-refractivity contribution >= 4 is 10.0 Å². The highest BCUT2D eigenvalue weighted by atomic mass is 32.2. The van der Waals surface area contributed by atoms with Gasteiger partial charge in [-0.2, -0.15) is 0 Å². The maximum atomic E-state index is 12.4.